The number of nitrogens with two attached hydrogens (primary N) is 1. The van der Waals surface area contributed by atoms with Crippen molar-refractivity contribution in [3.8, 4) is 6.07 Å². The first-order valence-corrected chi connectivity index (χ1v) is 3.45. The van der Waals surface area contributed by atoms with Crippen LogP contribution in [0.25, 0.3) is 10.9 Å². The van der Waals surface area contributed by atoms with Gasteiger partial charge in [-0.05, 0) is 12.1 Å². The standard InChI is InChI=1S/C8H6N4/c9-4-6-2-1-3-8-7(6)5-11-12(8)10/h1-3,5H,10H2. The molecule has 0 radical (unpaired) electrons. The summed E-state index contributed by atoms with van der Waals surface area (Å²) in [6.45, 7) is 0. The van der Waals surface area contributed by atoms with E-state index in [1.54, 1.807) is 18.3 Å². The van der Waals surface area contributed by atoms with Crippen LogP contribution in [0.4, 0.5) is 0 Å². The van der Waals surface area contributed by atoms with Gasteiger partial charge in [-0.1, -0.05) is 6.07 Å². The van der Waals surface area contributed by atoms with Gasteiger partial charge >= 0.3 is 0 Å². The SMILES string of the molecule is N#Cc1cccc2c1cnn2N. The largest absolute Gasteiger partial charge is 0.323 e. The third-order valence-corrected chi connectivity index (χ3v) is 1.76. The molecule has 0 amide bonds. The molecule has 2 aromatic rings. The summed E-state index contributed by atoms with van der Waals surface area (Å²) in [5, 5.41) is 13.4. The lowest BCUT2D eigenvalue weighted by molar-refractivity contribution is 0.863. The van der Waals surface area contributed by atoms with Crippen molar-refractivity contribution in [2.75, 3.05) is 5.84 Å². The van der Waals surface area contributed by atoms with Gasteiger partial charge in [-0.25, -0.2) is 0 Å². The van der Waals surface area contributed by atoms with Crippen LogP contribution in [0, 0.1) is 11.3 Å². The number of rotatable bonds is 0. The molecule has 0 unspecified atom stereocenters. The van der Waals surface area contributed by atoms with Crippen molar-refractivity contribution in [3.05, 3.63) is 30.0 Å². The Kier molecular flexibility index (Phi) is 1.25. The molecule has 1 aromatic heterocycles. The average molecular weight is 158 g/mol. The van der Waals surface area contributed by atoms with E-state index in [-0.39, 0.29) is 0 Å². The van der Waals surface area contributed by atoms with Gasteiger partial charge in [0.15, 0.2) is 0 Å². The monoisotopic (exact) mass is 158 g/mol. The minimum absolute atomic E-state index is 0.601. The molecule has 0 aliphatic carbocycles. The van der Waals surface area contributed by atoms with Crippen LogP contribution in [0.1, 0.15) is 5.56 Å². The second-order valence-electron chi connectivity index (χ2n) is 2.44. The predicted octanol–water partition coefficient (Wildman–Crippen LogP) is 0.622. The summed E-state index contributed by atoms with van der Waals surface area (Å²) in [5.74, 6) is 5.50. The zero-order valence-electron chi connectivity index (χ0n) is 6.23. The highest BCUT2D eigenvalue weighted by Gasteiger charge is 2.03. The number of fused-ring (bicyclic) bond motifs is 1. The molecule has 1 heterocycles. The summed E-state index contributed by atoms with van der Waals surface area (Å²) < 4.78 is 0. The van der Waals surface area contributed by atoms with E-state index in [4.69, 9.17) is 11.1 Å². The van der Waals surface area contributed by atoms with Crippen LogP contribution >= 0.6 is 0 Å². The zero-order valence-corrected chi connectivity index (χ0v) is 6.23. The van der Waals surface area contributed by atoms with E-state index in [2.05, 4.69) is 11.2 Å². The quantitative estimate of drug-likeness (QED) is 0.571. The van der Waals surface area contributed by atoms with E-state index in [1.807, 2.05) is 6.07 Å². The third kappa shape index (κ3) is 0.736. The van der Waals surface area contributed by atoms with Gasteiger partial charge in [0.1, 0.15) is 0 Å². The van der Waals surface area contributed by atoms with Crippen LogP contribution in [-0.2, 0) is 0 Å². The maximum atomic E-state index is 8.72. The van der Waals surface area contributed by atoms with E-state index in [0.29, 0.717) is 5.56 Å². The predicted molar refractivity (Wildman–Crippen MR) is 44.6 cm³/mol. The normalized spacial score (nSPS) is 9.92. The summed E-state index contributed by atoms with van der Waals surface area (Å²) in [6, 6.07) is 7.42. The van der Waals surface area contributed by atoms with Gasteiger partial charge < -0.3 is 5.84 Å². The molecule has 0 spiro atoms. The summed E-state index contributed by atoms with van der Waals surface area (Å²) in [7, 11) is 0. The van der Waals surface area contributed by atoms with Gasteiger partial charge in [0.05, 0.1) is 23.3 Å². The molecule has 0 aliphatic heterocycles. The molecule has 0 aliphatic rings. The lowest BCUT2D eigenvalue weighted by Crippen LogP contribution is -2.08. The first kappa shape index (κ1) is 6.68. The second-order valence-corrected chi connectivity index (χ2v) is 2.44. The fourth-order valence-electron chi connectivity index (χ4n) is 1.17. The van der Waals surface area contributed by atoms with E-state index < -0.39 is 0 Å². The number of aromatic nitrogens is 2. The Morgan fingerprint density at radius 1 is 1.50 bits per heavy atom. The van der Waals surface area contributed by atoms with Crippen molar-refractivity contribution in [2.45, 2.75) is 0 Å². The molecule has 4 nitrogen and oxygen atoms in total. The zero-order chi connectivity index (χ0) is 8.55. The first-order chi connectivity index (χ1) is 5.83. The molecule has 0 fully saturated rings. The second kappa shape index (κ2) is 2.24. The minimum atomic E-state index is 0.601. The molecule has 0 saturated heterocycles. The van der Waals surface area contributed by atoms with E-state index >= 15 is 0 Å². The molecule has 0 atom stereocenters. The van der Waals surface area contributed by atoms with Crippen molar-refractivity contribution in [2.24, 2.45) is 0 Å². The molecule has 0 saturated carbocycles. The van der Waals surface area contributed by atoms with Crippen LogP contribution in [-0.4, -0.2) is 9.89 Å². The highest BCUT2D eigenvalue weighted by Crippen LogP contribution is 2.15. The van der Waals surface area contributed by atoms with Crippen molar-refractivity contribution >= 4 is 10.9 Å². The number of hydrogen-bond acceptors (Lipinski definition) is 3. The molecule has 12 heavy (non-hydrogen) atoms. The summed E-state index contributed by atoms with van der Waals surface area (Å²) in [6.07, 6.45) is 1.59. The van der Waals surface area contributed by atoms with E-state index in [9.17, 15) is 0 Å². The first-order valence-electron chi connectivity index (χ1n) is 3.45. The van der Waals surface area contributed by atoms with Crippen LogP contribution in [0.5, 0.6) is 0 Å². The molecular weight excluding hydrogens is 152 g/mol. The van der Waals surface area contributed by atoms with Gasteiger partial charge in [0, 0.05) is 5.39 Å². The Balaban J connectivity index is 2.92. The third-order valence-electron chi connectivity index (χ3n) is 1.76. The molecule has 2 N–H and O–H groups in total. The number of benzene rings is 1. The number of hydrogen-bond donors (Lipinski definition) is 1. The van der Waals surface area contributed by atoms with Crippen molar-refractivity contribution in [3.63, 3.8) is 0 Å². The van der Waals surface area contributed by atoms with Crippen molar-refractivity contribution in [1.29, 1.82) is 5.26 Å². The Morgan fingerprint density at radius 2 is 2.33 bits per heavy atom. The lowest BCUT2D eigenvalue weighted by atomic mass is 10.1. The fraction of sp³-hybridized carbons (Fsp3) is 0. The molecular formula is C8H6N4. The molecule has 4 heteroatoms. The smallest absolute Gasteiger partial charge is 0.0999 e. The van der Waals surface area contributed by atoms with Crippen LogP contribution < -0.4 is 5.84 Å². The Morgan fingerprint density at radius 3 is 3.08 bits per heavy atom. The summed E-state index contributed by atoms with van der Waals surface area (Å²) >= 11 is 0. The van der Waals surface area contributed by atoms with Gasteiger partial charge in [-0.2, -0.15) is 15.2 Å². The van der Waals surface area contributed by atoms with Crippen LogP contribution in [0.15, 0.2) is 24.4 Å². The van der Waals surface area contributed by atoms with Crippen LogP contribution in [0.3, 0.4) is 0 Å². The van der Waals surface area contributed by atoms with E-state index in [0.717, 1.165) is 10.9 Å². The van der Waals surface area contributed by atoms with Gasteiger partial charge in [0.25, 0.3) is 0 Å². The lowest BCUT2D eigenvalue weighted by Gasteiger charge is -1.93. The maximum Gasteiger partial charge on any atom is 0.0999 e. The Hall–Kier alpha value is -2.02. The van der Waals surface area contributed by atoms with Crippen molar-refractivity contribution < 1.29 is 0 Å². The Labute approximate surface area is 68.8 Å². The molecule has 58 valence electrons. The van der Waals surface area contributed by atoms with Gasteiger partial charge in [-0.3, -0.25) is 0 Å². The van der Waals surface area contributed by atoms with Crippen LogP contribution in [0.2, 0.25) is 0 Å². The fourth-order valence-corrected chi connectivity index (χ4v) is 1.17. The van der Waals surface area contributed by atoms with Gasteiger partial charge in [0.2, 0.25) is 0 Å². The number of nitrogens with zero attached hydrogens (tertiary/aromatic N) is 3. The average Bonchev–Trinajstić information content (AvgIpc) is 2.48. The maximum absolute atomic E-state index is 8.72. The Bertz CT molecular complexity index is 463. The van der Waals surface area contributed by atoms with Crippen molar-refractivity contribution in [1.82, 2.24) is 9.89 Å². The number of nitrogen functional groups attached to an aromatic ring is 1. The summed E-state index contributed by atoms with van der Waals surface area (Å²) in [4.78, 5) is 1.26. The molecule has 0 bridgehead atoms. The minimum Gasteiger partial charge on any atom is -0.323 e. The highest BCUT2D eigenvalue weighted by atomic mass is 15.5. The number of nitriles is 1. The van der Waals surface area contributed by atoms with Gasteiger partial charge in [-0.15, -0.1) is 0 Å². The molecule has 1 aromatic carbocycles. The molecule has 2 rings (SSSR count). The van der Waals surface area contributed by atoms with E-state index in [1.165, 1.54) is 4.79 Å². The summed E-state index contributed by atoms with van der Waals surface area (Å²) in [5.41, 5.74) is 1.37. The highest BCUT2D eigenvalue weighted by molar-refractivity contribution is 5.84. The topological polar surface area (TPSA) is 67.6 Å².